The number of fused-ring (bicyclic) bond motifs is 5. The van der Waals surface area contributed by atoms with Gasteiger partial charge in [0, 0.05) is 12.5 Å². The third-order valence-corrected chi connectivity index (χ3v) is 10.7. The summed E-state index contributed by atoms with van der Waals surface area (Å²) in [7, 11) is 0. The molecule has 0 radical (unpaired) electrons. The Morgan fingerprint density at radius 2 is 1.77 bits per heavy atom. The predicted octanol–water partition coefficient (Wildman–Crippen LogP) is 6.78. The van der Waals surface area contributed by atoms with E-state index in [1.54, 1.807) is 0 Å². The largest absolute Gasteiger partial charge is 0.353 e. The first-order valence-electron chi connectivity index (χ1n) is 13.1. The van der Waals surface area contributed by atoms with Gasteiger partial charge in [0.2, 0.25) is 5.91 Å². The second-order valence-electron chi connectivity index (χ2n) is 12.6. The van der Waals surface area contributed by atoms with Gasteiger partial charge in [-0.1, -0.05) is 53.9 Å². The number of carbonyl (C=O) groups excluding carboxylic acids is 1. The molecule has 1 heterocycles. The van der Waals surface area contributed by atoms with Crippen LogP contribution in [-0.4, -0.2) is 18.6 Å². The zero-order valence-corrected chi connectivity index (χ0v) is 20.2. The molecule has 4 rings (SSSR count). The Labute approximate surface area is 184 Å². The molecule has 1 saturated heterocycles. The molecule has 0 aromatic rings. The fourth-order valence-electron chi connectivity index (χ4n) is 9.03. The van der Waals surface area contributed by atoms with Crippen molar-refractivity contribution in [2.45, 2.75) is 105 Å². The smallest absolute Gasteiger partial charge is 0.220 e. The molecule has 0 bridgehead atoms. The van der Waals surface area contributed by atoms with Crippen molar-refractivity contribution >= 4 is 5.91 Å². The summed E-state index contributed by atoms with van der Waals surface area (Å²) in [5.74, 6) is 4.54. The first kappa shape index (κ1) is 22.6. The second kappa shape index (κ2) is 8.39. The van der Waals surface area contributed by atoms with Crippen LogP contribution >= 0.6 is 0 Å². The normalized spacial score (nSPS) is 46.7. The predicted molar refractivity (Wildman–Crippen MR) is 122 cm³/mol. The summed E-state index contributed by atoms with van der Waals surface area (Å²) in [5, 5.41) is 3.28. The van der Waals surface area contributed by atoms with E-state index < -0.39 is 0 Å². The van der Waals surface area contributed by atoms with Crippen LogP contribution in [-0.2, 0) is 4.79 Å². The van der Waals surface area contributed by atoms with Crippen molar-refractivity contribution in [1.82, 2.24) is 5.32 Å². The van der Waals surface area contributed by atoms with Gasteiger partial charge in [-0.15, -0.1) is 0 Å². The first-order chi connectivity index (χ1) is 14.2. The van der Waals surface area contributed by atoms with E-state index in [0.717, 1.165) is 30.6 Å². The lowest BCUT2D eigenvalue weighted by Gasteiger charge is -2.62. The van der Waals surface area contributed by atoms with Crippen molar-refractivity contribution in [3.8, 4) is 0 Å². The fraction of sp³-hybridized carbons (Fsp3) is 0.963. The lowest BCUT2D eigenvalue weighted by Crippen LogP contribution is -2.63. The molecule has 172 valence electrons. The number of nitrogens with one attached hydrogen (secondary N) is 1. The van der Waals surface area contributed by atoms with Crippen molar-refractivity contribution in [2.24, 2.45) is 52.3 Å². The Hall–Kier alpha value is -0.600. The lowest BCUT2D eigenvalue weighted by atomic mass is 9.44. The maximum absolute atomic E-state index is 14.4. The van der Waals surface area contributed by atoms with E-state index in [1.807, 2.05) is 0 Å². The van der Waals surface area contributed by atoms with Crippen LogP contribution in [0.3, 0.4) is 0 Å². The van der Waals surface area contributed by atoms with Gasteiger partial charge < -0.3 is 5.32 Å². The standard InChI is InChI=1S/C27H46FNO/c1-17(2)7-6-8-18(3)20-9-10-21-25-19(16-28)15-23-27(5,14-12-24(30)29-23)22(25)11-13-26(20,21)4/h17-23,25H,6-16H2,1-5H3,(H,29,30)/t18?,19-,20?,21?,22?,23?,25?,26?,27-/m1/s1. The molecule has 4 aliphatic rings. The number of amides is 1. The summed E-state index contributed by atoms with van der Waals surface area (Å²) in [6.07, 6.45) is 11.8. The van der Waals surface area contributed by atoms with Crippen LogP contribution in [0.4, 0.5) is 4.39 Å². The summed E-state index contributed by atoms with van der Waals surface area (Å²) < 4.78 is 14.4. The maximum Gasteiger partial charge on any atom is 0.220 e. The number of hydrogen-bond donors (Lipinski definition) is 1. The molecule has 1 aliphatic heterocycles. The van der Waals surface area contributed by atoms with Crippen molar-refractivity contribution in [1.29, 1.82) is 0 Å². The summed E-state index contributed by atoms with van der Waals surface area (Å²) in [4.78, 5) is 12.1. The summed E-state index contributed by atoms with van der Waals surface area (Å²) in [6, 6.07) is 0.192. The van der Waals surface area contributed by atoms with Gasteiger partial charge in [-0.2, -0.15) is 0 Å². The van der Waals surface area contributed by atoms with Crippen LogP contribution in [0.5, 0.6) is 0 Å². The molecule has 0 aromatic carbocycles. The molecule has 4 fully saturated rings. The topological polar surface area (TPSA) is 29.1 Å². The average molecular weight is 420 g/mol. The highest BCUT2D eigenvalue weighted by Gasteiger charge is 2.63. The molecule has 3 heteroatoms. The average Bonchev–Trinajstić information content (AvgIpc) is 3.05. The molecule has 0 spiro atoms. The van der Waals surface area contributed by atoms with Crippen LogP contribution < -0.4 is 5.32 Å². The van der Waals surface area contributed by atoms with Gasteiger partial charge in [0.25, 0.3) is 0 Å². The monoisotopic (exact) mass is 419 g/mol. The number of rotatable bonds is 6. The minimum absolute atomic E-state index is 0.145. The van der Waals surface area contributed by atoms with Crippen molar-refractivity contribution < 1.29 is 9.18 Å². The minimum atomic E-state index is -0.204. The molecule has 7 unspecified atom stereocenters. The fourth-order valence-corrected chi connectivity index (χ4v) is 9.03. The van der Waals surface area contributed by atoms with Gasteiger partial charge in [0.15, 0.2) is 0 Å². The van der Waals surface area contributed by atoms with Gasteiger partial charge in [0.05, 0.1) is 6.67 Å². The summed E-state index contributed by atoms with van der Waals surface area (Å²) >= 11 is 0. The Morgan fingerprint density at radius 3 is 2.47 bits per heavy atom. The Bertz CT molecular complexity index is 634. The van der Waals surface area contributed by atoms with Gasteiger partial charge in [-0.3, -0.25) is 9.18 Å². The molecule has 30 heavy (non-hydrogen) atoms. The van der Waals surface area contributed by atoms with E-state index in [9.17, 15) is 9.18 Å². The summed E-state index contributed by atoms with van der Waals surface area (Å²) in [6.45, 7) is 12.0. The number of halogens is 1. The molecule has 9 atom stereocenters. The molecule has 3 saturated carbocycles. The quantitative estimate of drug-likeness (QED) is 0.505. The SMILES string of the molecule is CC(C)CCCC(C)C1CCC2C3C(CCC12C)[C@@]1(C)CCC(=O)NC1C[C@@H]3CF. The van der Waals surface area contributed by atoms with Crippen molar-refractivity contribution in [3.05, 3.63) is 0 Å². The van der Waals surface area contributed by atoms with E-state index >= 15 is 0 Å². The lowest BCUT2D eigenvalue weighted by molar-refractivity contribution is -0.147. The van der Waals surface area contributed by atoms with Crippen LogP contribution in [0.2, 0.25) is 0 Å². The van der Waals surface area contributed by atoms with Crippen molar-refractivity contribution in [2.75, 3.05) is 6.67 Å². The molecular weight excluding hydrogens is 373 g/mol. The molecular formula is C27H46FNO. The zero-order valence-electron chi connectivity index (χ0n) is 20.2. The van der Waals surface area contributed by atoms with Gasteiger partial charge in [-0.25, -0.2) is 0 Å². The second-order valence-corrected chi connectivity index (χ2v) is 12.6. The Balaban J connectivity index is 1.54. The van der Waals surface area contributed by atoms with Crippen LogP contribution in [0.15, 0.2) is 0 Å². The number of hydrogen-bond acceptors (Lipinski definition) is 1. The van der Waals surface area contributed by atoms with Gasteiger partial charge in [0.1, 0.15) is 0 Å². The van der Waals surface area contributed by atoms with E-state index in [4.69, 9.17) is 0 Å². The highest BCUT2D eigenvalue weighted by molar-refractivity contribution is 5.77. The Kier molecular flexibility index (Phi) is 6.32. The third-order valence-electron chi connectivity index (χ3n) is 10.7. The zero-order chi connectivity index (χ0) is 21.7. The number of carbonyl (C=O) groups is 1. The molecule has 2 nitrogen and oxygen atoms in total. The van der Waals surface area contributed by atoms with Crippen molar-refractivity contribution in [3.63, 3.8) is 0 Å². The maximum atomic E-state index is 14.4. The van der Waals surface area contributed by atoms with E-state index in [1.165, 1.54) is 44.9 Å². The molecule has 0 aromatic heterocycles. The van der Waals surface area contributed by atoms with Crippen LogP contribution in [0.25, 0.3) is 0 Å². The molecule has 1 amide bonds. The van der Waals surface area contributed by atoms with E-state index in [-0.39, 0.29) is 30.0 Å². The van der Waals surface area contributed by atoms with Gasteiger partial charge >= 0.3 is 0 Å². The van der Waals surface area contributed by atoms with Crippen LogP contribution in [0, 0.1) is 52.3 Å². The molecule has 1 N–H and O–H groups in total. The number of alkyl halides is 1. The Morgan fingerprint density at radius 1 is 1.03 bits per heavy atom. The van der Waals surface area contributed by atoms with Crippen LogP contribution in [0.1, 0.15) is 98.8 Å². The summed E-state index contributed by atoms with van der Waals surface area (Å²) in [5.41, 5.74) is 0.569. The minimum Gasteiger partial charge on any atom is -0.353 e. The number of piperidine rings is 1. The highest BCUT2D eigenvalue weighted by atomic mass is 19.1. The van der Waals surface area contributed by atoms with E-state index in [0.29, 0.717) is 29.6 Å². The van der Waals surface area contributed by atoms with E-state index in [2.05, 4.69) is 39.9 Å². The third kappa shape index (κ3) is 3.64. The highest BCUT2D eigenvalue weighted by Crippen LogP contribution is 2.67. The first-order valence-corrected chi connectivity index (χ1v) is 13.1. The molecule has 3 aliphatic carbocycles. The van der Waals surface area contributed by atoms with Gasteiger partial charge in [-0.05, 0) is 90.8 Å².